The Morgan fingerprint density at radius 2 is 1.94 bits per heavy atom. The summed E-state index contributed by atoms with van der Waals surface area (Å²) in [7, 11) is 0. The first-order valence-electron chi connectivity index (χ1n) is 6.51. The summed E-state index contributed by atoms with van der Waals surface area (Å²) in [5.74, 6) is 2.78. The summed E-state index contributed by atoms with van der Waals surface area (Å²) in [6.45, 7) is 0. The first-order chi connectivity index (χ1) is 8.22. The second-order valence-corrected chi connectivity index (χ2v) is 6.48. The zero-order valence-electron chi connectivity index (χ0n) is 9.86. The molecule has 0 aromatic heterocycles. The molecule has 0 spiro atoms. The van der Waals surface area contributed by atoms with Gasteiger partial charge in [0.1, 0.15) is 0 Å². The summed E-state index contributed by atoms with van der Waals surface area (Å²) in [6, 6.07) is 7.77. The first-order valence-corrected chi connectivity index (χ1v) is 7.30. The van der Waals surface area contributed by atoms with Crippen molar-refractivity contribution in [1.29, 1.82) is 0 Å². The van der Waals surface area contributed by atoms with E-state index in [1.54, 1.807) is 0 Å². The van der Waals surface area contributed by atoms with Crippen LogP contribution in [0.3, 0.4) is 0 Å². The molecule has 0 radical (unpaired) electrons. The predicted molar refractivity (Wildman–Crippen MR) is 72.0 cm³/mol. The van der Waals surface area contributed by atoms with Gasteiger partial charge in [-0.25, -0.2) is 0 Å². The molecule has 0 saturated heterocycles. The van der Waals surface area contributed by atoms with Crippen molar-refractivity contribution in [3.05, 3.63) is 34.3 Å². The Labute approximate surface area is 111 Å². The van der Waals surface area contributed by atoms with E-state index in [4.69, 9.17) is 0 Å². The highest BCUT2D eigenvalue weighted by molar-refractivity contribution is 9.10. The highest BCUT2D eigenvalue weighted by Crippen LogP contribution is 2.49. The average Bonchev–Trinajstić information content (AvgIpc) is 2.91. The van der Waals surface area contributed by atoms with Gasteiger partial charge in [0, 0.05) is 16.5 Å². The van der Waals surface area contributed by atoms with E-state index in [0.29, 0.717) is 11.7 Å². The number of benzene rings is 1. The molecule has 2 saturated carbocycles. The number of Topliss-reactive ketones (excluding diaryl/α,β-unsaturated/α-hetero) is 1. The van der Waals surface area contributed by atoms with E-state index >= 15 is 0 Å². The molecule has 0 amide bonds. The lowest BCUT2D eigenvalue weighted by Gasteiger charge is -2.20. The summed E-state index contributed by atoms with van der Waals surface area (Å²) in [5.41, 5.74) is 0.871. The molecule has 0 N–H and O–H groups in total. The van der Waals surface area contributed by atoms with Gasteiger partial charge in [0.15, 0.2) is 5.78 Å². The molecule has 3 atom stereocenters. The van der Waals surface area contributed by atoms with Crippen molar-refractivity contribution in [2.24, 2.45) is 17.8 Å². The van der Waals surface area contributed by atoms with Crippen molar-refractivity contribution < 1.29 is 4.79 Å². The number of hydrogen-bond donors (Lipinski definition) is 0. The van der Waals surface area contributed by atoms with Crippen LogP contribution in [0.4, 0.5) is 0 Å². The van der Waals surface area contributed by atoms with Gasteiger partial charge in [0.2, 0.25) is 0 Å². The minimum absolute atomic E-state index is 0.329. The van der Waals surface area contributed by atoms with Crippen molar-refractivity contribution in [3.63, 3.8) is 0 Å². The van der Waals surface area contributed by atoms with Gasteiger partial charge in [-0.05, 0) is 49.1 Å². The summed E-state index contributed by atoms with van der Waals surface area (Å²) < 4.78 is 1.04. The molecule has 1 nitrogen and oxygen atoms in total. The normalized spacial score (nSPS) is 30.8. The number of carbonyl (C=O) groups excluding carboxylic acids is 1. The maximum atomic E-state index is 12.2. The fraction of sp³-hybridized carbons (Fsp3) is 0.533. The molecular formula is C15H17BrO. The molecule has 1 aromatic rings. The third kappa shape index (κ3) is 2.33. The maximum Gasteiger partial charge on any atom is 0.163 e. The van der Waals surface area contributed by atoms with Gasteiger partial charge in [0.25, 0.3) is 0 Å². The van der Waals surface area contributed by atoms with Crippen molar-refractivity contribution in [3.8, 4) is 0 Å². The second-order valence-electron chi connectivity index (χ2n) is 5.57. The van der Waals surface area contributed by atoms with E-state index in [9.17, 15) is 4.79 Å². The largest absolute Gasteiger partial charge is 0.294 e. The zero-order chi connectivity index (χ0) is 11.8. The third-order valence-corrected chi connectivity index (χ3v) is 5.03. The predicted octanol–water partition coefficient (Wildman–Crippen LogP) is 4.46. The topological polar surface area (TPSA) is 17.1 Å². The smallest absolute Gasteiger partial charge is 0.163 e. The van der Waals surface area contributed by atoms with Crippen molar-refractivity contribution in [2.45, 2.75) is 32.1 Å². The van der Waals surface area contributed by atoms with Crippen molar-refractivity contribution >= 4 is 21.7 Å². The Balaban J connectivity index is 1.65. The molecule has 2 aliphatic rings. The lowest BCUT2D eigenvalue weighted by Crippen LogP contribution is -2.15. The number of ketones is 1. The van der Waals surface area contributed by atoms with Crippen molar-refractivity contribution in [2.75, 3.05) is 0 Å². The van der Waals surface area contributed by atoms with Gasteiger partial charge in [-0.2, -0.15) is 0 Å². The van der Waals surface area contributed by atoms with Crippen LogP contribution in [0.2, 0.25) is 0 Å². The quantitative estimate of drug-likeness (QED) is 0.752. The summed E-state index contributed by atoms with van der Waals surface area (Å²) in [4.78, 5) is 12.2. The second kappa shape index (κ2) is 4.56. The van der Waals surface area contributed by atoms with Crippen molar-refractivity contribution in [1.82, 2.24) is 0 Å². The molecule has 2 fully saturated rings. The van der Waals surface area contributed by atoms with Crippen LogP contribution in [-0.2, 0) is 0 Å². The van der Waals surface area contributed by atoms with Crippen LogP contribution < -0.4 is 0 Å². The number of fused-ring (bicyclic) bond motifs is 2. The lowest BCUT2D eigenvalue weighted by molar-refractivity contribution is 0.0944. The molecule has 0 aliphatic heterocycles. The van der Waals surface area contributed by atoms with Crippen LogP contribution in [0, 0.1) is 17.8 Å². The van der Waals surface area contributed by atoms with Gasteiger partial charge >= 0.3 is 0 Å². The molecule has 90 valence electrons. The summed E-state index contributed by atoms with van der Waals surface area (Å²) in [6.07, 6.45) is 6.23. The molecule has 0 heterocycles. The van der Waals surface area contributed by atoms with E-state index < -0.39 is 0 Å². The maximum absolute atomic E-state index is 12.2. The number of rotatable bonds is 3. The van der Waals surface area contributed by atoms with Gasteiger partial charge < -0.3 is 0 Å². The molecule has 3 unspecified atom stereocenters. The van der Waals surface area contributed by atoms with Gasteiger partial charge in [0.05, 0.1) is 0 Å². The van der Waals surface area contributed by atoms with Gasteiger partial charge in [-0.1, -0.05) is 34.5 Å². The Morgan fingerprint density at radius 3 is 2.53 bits per heavy atom. The molecular weight excluding hydrogens is 276 g/mol. The minimum Gasteiger partial charge on any atom is -0.294 e. The van der Waals surface area contributed by atoms with E-state index in [1.165, 1.54) is 25.7 Å². The van der Waals surface area contributed by atoms with Crippen LogP contribution in [0.15, 0.2) is 28.7 Å². The standard InChI is InChI=1S/C15H17BrO/c16-14-5-3-11(4-6-14)15(17)9-13-8-10-1-2-12(13)7-10/h3-6,10,12-13H,1-2,7-9H2. The van der Waals surface area contributed by atoms with Gasteiger partial charge in [-0.15, -0.1) is 0 Å². The Morgan fingerprint density at radius 1 is 1.18 bits per heavy atom. The molecule has 1 aromatic carbocycles. The number of hydrogen-bond acceptors (Lipinski definition) is 1. The molecule has 3 rings (SSSR count). The SMILES string of the molecule is O=C(CC1CC2CCC1C2)c1ccc(Br)cc1. The molecule has 2 bridgehead atoms. The average molecular weight is 293 g/mol. The van der Waals surface area contributed by atoms with Crippen LogP contribution in [-0.4, -0.2) is 5.78 Å². The first kappa shape index (κ1) is 11.5. The van der Waals surface area contributed by atoms with Gasteiger partial charge in [-0.3, -0.25) is 4.79 Å². The van der Waals surface area contributed by atoms with Crippen LogP contribution >= 0.6 is 15.9 Å². The molecule has 17 heavy (non-hydrogen) atoms. The monoisotopic (exact) mass is 292 g/mol. The van der Waals surface area contributed by atoms with Crippen LogP contribution in [0.25, 0.3) is 0 Å². The van der Waals surface area contributed by atoms with E-state index in [1.807, 2.05) is 24.3 Å². The third-order valence-electron chi connectivity index (χ3n) is 4.50. The van der Waals surface area contributed by atoms with Crippen LogP contribution in [0.5, 0.6) is 0 Å². The Hall–Kier alpha value is -0.630. The number of halogens is 1. The minimum atomic E-state index is 0.329. The fourth-order valence-corrected chi connectivity index (χ4v) is 3.88. The number of carbonyl (C=O) groups is 1. The Bertz CT molecular complexity index is 423. The summed E-state index contributed by atoms with van der Waals surface area (Å²) >= 11 is 3.40. The van der Waals surface area contributed by atoms with E-state index in [2.05, 4.69) is 15.9 Å². The van der Waals surface area contributed by atoms with Crippen LogP contribution in [0.1, 0.15) is 42.5 Å². The summed E-state index contributed by atoms with van der Waals surface area (Å²) in [5, 5.41) is 0. The van der Waals surface area contributed by atoms with E-state index in [0.717, 1.165) is 28.3 Å². The highest BCUT2D eigenvalue weighted by atomic mass is 79.9. The lowest BCUT2D eigenvalue weighted by atomic mass is 9.84. The molecule has 2 heteroatoms. The van der Waals surface area contributed by atoms with E-state index in [-0.39, 0.29) is 0 Å². The fourth-order valence-electron chi connectivity index (χ4n) is 3.62. The zero-order valence-corrected chi connectivity index (χ0v) is 11.4. The molecule has 2 aliphatic carbocycles. The highest BCUT2D eigenvalue weighted by Gasteiger charge is 2.40. The Kier molecular flexibility index (Phi) is 3.08.